The molecule has 1 atom stereocenters. The Labute approximate surface area is 102 Å². The van der Waals surface area contributed by atoms with E-state index in [1.54, 1.807) is 0 Å². The van der Waals surface area contributed by atoms with Gasteiger partial charge in [0.05, 0.1) is 6.04 Å². The molecule has 0 radical (unpaired) electrons. The van der Waals surface area contributed by atoms with Crippen LogP contribution in [0.5, 0.6) is 0 Å². The quantitative estimate of drug-likeness (QED) is 0.722. The summed E-state index contributed by atoms with van der Waals surface area (Å²) in [6.07, 6.45) is 0.683. The smallest absolute Gasteiger partial charge is 0.241 e. The number of rotatable bonds is 5. The summed E-state index contributed by atoms with van der Waals surface area (Å²) in [5, 5.41) is 2.80. The predicted molar refractivity (Wildman–Crippen MR) is 70.4 cm³/mol. The number of nitrogens with one attached hydrogen (secondary N) is 1. The molecule has 17 heavy (non-hydrogen) atoms. The second-order valence-corrected chi connectivity index (χ2v) is 4.63. The van der Waals surface area contributed by atoms with E-state index in [4.69, 9.17) is 11.5 Å². The summed E-state index contributed by atoms with van der Waals surface area (Å²) >= 11 is 0. The molecule has 0 spiro atoms. The van der Waals surface area contributed by atoms with Crippen LogP contribution in [0.1, 0.15) is 25.8 Å². The minimum absolute atomic E-state index is 0.145. The maximum atomic E-state index is 11.8. The third-order valence-electron chi connectivity index (χ3n) is 2.49. The van der Waals surface area contributed by atoms with E-state index in [9.17, 15) is 4.79 Å². The van der Waals surface area contributed by atoms with Crippen LogP contribution in [-0.4, -0.2) is 11.9 Å². The van der Waals surface area contributed by atoms with Gasteiger partial charge in [-0.25, -0.2) is 0 Å². The standard InChI is InChI=1S/C13H21N3O/c1-9(2)6-12(15)13(17)16-11-5-3-4-10(7-11)8-14/h3-5,7,9,12H,6,8,14-15H2,1-2H3,(H,16,17)/t12-/m0/s1. The predicted octanol–water partition coefficient (Wildman–Crippen LogP) is 1.46. The molecule has 0 heterocycles. The SMILES string of the molecule is CC(C)C[C@H](N)C(=O)Nc1cccc(CN)c1. The van der Waals surface area contributed by atoms with Gasteiger partial charge >= 0.3 is 0 Å². The summed E-state index contributed by atoms with van der Waals surface area (Å²) in [7, 11) is 0. The Morgan fingerprint density at radius 2 is 2.12 bits per heavy atom. The average molecular weight is 235 g/mol. The monoisotopic (exact) mass is 235 g/mol. The minimum atomic E-state index is -0.462. The van der Waals surface area contributed by atoms with Gasteiger partial charge in [-0.15, -0.1) is 0 Å². The maximum Gasteiger partial charge on any atom is 0.241 e. The zero-order valence-corrected chi connectivity index (χ0v) is 10.4. The lowest BCUT2D eigenvalue weighted by molar-refractivity contribution is -0.117. The fraction of sp³-hybridized carbons (Fsp3) is 0.462. The van der Waals surface area contributed by atoms with Gasteiger partial charge in [0.2, 0.25) is 5.91 Å². The van der Waals surface area contributed by atoms with Gasteiger partial charge in [0, 0.05) is 12.2 Å². The van der Waals surface area contributed by atoms with E-state index in [1.165, 1.54) is 0 Å². The first-order valence-electron chi connectivity index (χ1n) is 5.88. The molecule has 0 unspecified atom stereocenters. The second-order valence-electron chi connectivity index (χ2n) is 4.63. The van der Waals surface area contributed by atoms with E-state index in [-0.39, 0.29) is 5.91 Å². The Balaban J connectivity index is 2.61. The van der Waals surface area contributed by atoms with Crippen molar-refractivity contribution in [2.24, 2.45) is 17.4 Å². The van der Waals surface area contributed by atoms with Crippen molar-refractivity contribution in [3.8, 4) is 0 Å². The van der Waals surface area contributed by atoms with Crippen LogP contribution >= 0.6 is 0 Å². The molecule has 1 amide bonds. The molecule has 0 aliphatic rings. The van der Waals surface area contributed by atoms with Crippen molar-refractivity contribution >= 4 is 11.6 Å². The first-order valence-corrected chi connectivity index (χ1v) is 5.88. The van der Waals surface area contributed by atoms with Crippen molar-refractivity contribution in [2.45, 2.75) is 32.9 Å². The number of hydrogen-bond acceptors (Lipinski definition) is 3. The van der Waals surface area contributed by atoms with Gasteiger partial charge in [-0.3, -0.25) is 4.79 Å². The van der Waals surface area contributed by atoms with Gasteiger partial charge in [-0.2, -0.15) is 0 Å². The highest BCUT2D eigenvalue weighted by Gasteiger charge is 2.14. The van der Waals surface area contributed by atoms with Crippen molar-refractivity contribution in [1.29, 1.82) is 0 Å². The number of amides is 1. The van der Waals surface area contributed by atoms with E-state index >= 15 is 0 Å². The number of carbonyl (C=O) groups is 1. The van der Waals surface area contributed by atoms with Gasteiger partial charge in [0.1, 0.15) is 0 Å². The molecular weight excluding hydrogens is 214 g/mol. The van der Waals surface area contributed by atoms with Crippen molar-refractivity contribution in [2.75, 3.05) is 5.32 Å². The van der Waals surface area contributed by atoms with Crippen molar-refractivity contribution < 1.29 is 4.79 Å². The van der Waals surface area contributed by atoms with Crippen LogP contribution in [0, 0.1) is 5.92 Å². The summed E-state index contributed by atoms with van der Waals surface area (Å²) in [6, 6.07) is 7.02. The Morgan fingerprint density at radius 1 is 1.41 bits per heavy atom. The zero-order valence-electron chi connectivity index (χ0n) is 10.4. The lowest BCUT2D eigenvalue weighted by Gasteiger charge is -2.14. The molecule has 0 fully saturated rings. The van der Waals surface area contributed by atoms with Crippen LogP contribution < -0.4 is 16.8 Å². The summed E-state index contributed by atoms with van der Waals surface area (Å²) < 4.78 is 0. The van der Waals surface area contributed by atoms with Gasteiger partial charge in [-0.1, -0.05) is 26.0 Å². The van der Waals surface area contributed by atoms with Crippen LogP contribution in [-0.2, 0) is 11.3 Å². The van der Waals surface area contributed by atoms with Crippen LogP contribution in [0.2, 0.25) is 0 Å². The number of anilines is 1. The number of nitrogens with two attached hydrogens (primary N) is 2. The number of hydrogen-bond donors (Lipinski definition) is 3. The molecule has 0 aliphatic carbocycles. The molecule has 0 aliphatic heterocycles. The average Bonchev–Trinajstić information content (AvgIpc) is 2.28. The van der Waals surface area contributed by atoms with E-state index in [2.05, 4.69) is 5.32 Å². The van der Waals surface area contributed by atoms with Crippen molar-refractivity contribution in [1.82, 2.24) is 0 Å². The summed E-state index contributed by atoms with van der Waals surface area (Å²) in [5.41, 5.74) is 13.1. The van der Waals surface area contributed by atoms with Gasteiger partial charge < -0.3 is 16.8 Å². The molecule has 0 aromatic heterocycles. The van der Waals surface area contributed by atoms with Crippen LogP contribution in [0.25, 0.3) is 0 Å². The van der Waals surface area contributed by atoms with Crippen LogP contribution in [0.4, 0.5) is 5.69 Å². The Morgan fingerprint density at radius 3 is 2.71 bits per heavy atom. The first-order chi connectivity index (χ1) is 8.02. The molecular formula is C13H21N3O. The van der Waals surface area contributed by atoms with E-state index in [0.717, 1.165) is 11.3 Å². The lowest BCUT2D eigenvalue weighted by Crippen LogP contribution is -2.36. The van der Waals surface area contributed by atoms with E-state index in [0.29, 0.717) is 18.9 Å². The Hall–Kier alpha value is -1.39. The molecule has 1 aromatic carbocycles. The molecule has 1 aromatic rings. The van der Waals surface area contributed by atoms with E-state index in [1.807, 2.05) is 38.1 Å². The normalized spacial score (nSPS) is 12.5. The molecule has 4 heteroatoms. The summed E-state index contributed by atoms with van der Waals surface area (Å²) in [6.45, 7) is 4.55. The molecule has 5 N–H and O–H groups in total. The number of benzene rings is 1. The summed E-state index contributed by atoms with van der Waals surface area (Å²) in [4.78, 5) is 11.8. The second kappa shape index (κ2) is 6.37. The third-order valence-corrected chi connectivity index (χ3v) is 2.49. The molecule has 0 bridgehead atoms. The minimum Gasteiger partial charge on any atom is -0.326 e. The molecule has 94 valence electrons. The zero-order chi connectivity index (χ0) is 12.8. The Kier molecular flexibility index (Phi) is 5.12. The highest BCUT2D eigenvalue weighted by molar-refractivity contribution is 5.94. The first kappa shape index (κ1) is 13.7. The Bertz CT molecular complexity index is 377. The fourth-order valence-corrected chi connectivity index (χ4v) is 1.63. The van der Waals surface area contributed by atoms with Crippen LogP contribution in [0.3, 0.4) is 0 Å². The van der Waals surface area contributed by atoms with Crippen molar-refractivity contribution in [3.05, 3.63) is 29.8 Å². The molecule has 0 saturated heterocycles. The summed E-state index contributed by atoms with van der Waals surface area (Å²) in [5.74, 6) is 0.263. The molecule has 1 rings (SSSR count). The van der Waals surface area contributed by atoms with Gasteiger partial charge in [0.15, 0.2) is 0 Å². The topological polar surface area (TPSA) is 81.1 Å². The fourth-order valence-electron chi connectivity index (χ4n) is 1.63. The van der Waals surface area contributed by atoms with E-state index < -0.39 is 6.04 Å². The largest absolute Gasteiger partial charge is 0.326 e. The van der Waals surface area contributed by atoms with Gasteiger partial charge in [0.25, 0.3) is 0 Å². The van der Waals surface area contributed by atoms with Crippen molar-refractivity contribution in [3.63, 3.8) is 0 Å². The maximum absolute atomic E-state index is 11.8. The van der Waals surface area contributed by atoms with Crippen LogP contribution in [0.15, 0.2) is 24.3 Å². The van der Waals surface area contributed by atoms with Gasteiger partial charge in [-0.05, 0) is 30.0 Å². The highest BCUT2D eigenvalue weighted by Crippen LogP contribution is 2.11. The molecule has 4 nitrogen and oxygen atoms in total. The lowest BCUT2D eigenvalue weighted by atomic mass is 10.0. The third kappa shape index (κ3) is 4.54. The number of carbonyl (C=O) groups excluding carboxylic acids is 1. The highest BCUT2D eigenvalue weighted by atomic mass is 16.2. The molecule has 0 saturated carbocycles.